The Morgan fingerprint density at radius 2 is 1.95 bits per heavy atom. The summed E-state index contributed by atoms with van der Waals surface area (Å²) >= 11 is 0. The molecule has 0 radical (unpaired) electrons. The number of para-hydroxylation sites is 1. The molecule has 0 saturated carbocycles. The van der Waals surface area contributed by atoms with Crippen LogP contribution in [0.2, 0.25) is 0 Å². The fourth-order valence-electron chi connectivity index (χ4n) is 3.31. The lowest BCUT2D eigenvalue weighted by molar-refractivity contribution is 0.560. The van der Waals surface area contributed by atoms with Gasteiger partial charge in [-0.05, 0) is 30.5 Å². The van der Waals surface area contributed by atoms with Crippen LogP contribution >= 0.6 is 0 Å². The summed E-state index contributed by atoms with van der Waals surface area (Å²) in [5.74, 6) is 0. The zero-order valence-electron chi connectivity index (χ0n) is 11.6. The summed E-state index contributed by atoms with van der Waals surface area (Å²) in [6.07, 6.45) is 1.10. The first kappa shape index (κ1) is 11.7. The van der Waals surface area contributed by atoms with Crippen LogP contribution in [0, 0.1) is 6.92 Å². The van der Waals surface area contributed by atoms with Gasteiger partial charge in [0.15, 0.2) is 0 Å². The van der Waals surface area contributed by atoms with E-state index in [1.165, 1.54) is 33.3 Å². The molecule has 0 fully saturated rings. The summed E-state index contributed by atoms with van der Waals surface area (Å²) in [4.78, 5) is 3.62. The molecular weight excluding hydrogens is 244 g/mol. The standard InChI is InChI=1S/C18H18N2/c1-12-5-4-6-13(11-12)17-18-15(9-10-19-17)14-7-2-3-8-16(14)20-18/h2-8,11,17,19-20H,9-10H2,1H3. The first-order chi connectivity index (χ1) is 9.83. The van der Waals surface area contributed by atoms with Crippen LogP contribution in [0.1, 0.15) is 28.4 Å². The Kier molecular flexibility index (Phi) is 2.64. The molecule has 0 amide bonds. The molecule has 2 heterocycles. The second-order valence-electron chi connectivity index (χ2n) is 5.61. The van der Waals surface area contributed by atoms with Crippen molar-refractivity contribution in [3.8, 4) is 0 Å². The molecule has 0 bridgehead atoms. The summed E-state index contributed by atoms with van der Waals surface area (Å²) in [5.41, 5.74) is 6.72. The Morgan fingerprint density at radius 1 is 1.05 bits per heavy atom. The summed E-state index contributed by atoms with van der Waals surface area (Å²) in [6.45, 7) is 3.19. The molecule has 2 heteroatoms. The molecule has 1 atom stereocenters. The van der Waals surface area contributed by atoms with E-state index in [0.717, 1.165) is 13.0 Å². The van der Waals surface area contributed by atoms with E-state index in [0.29, 0.717) is 0 Å². The van der Waals surface area contributed by atoms with E-state index < -0.39 is 0 Å². The van der Waals surface area contributed by atoms with Gasteiger partial charge in [0.25, 0.3) is 0 Å². The first-order valence-corrected chi connectivity index (χ1v) is 7.22. The molecule has 3 aromatic rings. The van der Waals surface area contributed by atoms with Gasteiger partial charge in [0.1, 0.15) is 0 Å². The van der Waals surface area contributed by atoms with Crippen molar-refractivity contribution in [3.63, 3.8) is 0 Å². The number of hydrogen-bond donors (Lipinski definition) is 2. The topological polar surface area (TPSA) is 27.8 Å². The van der Waals surface area contributed by atoms with E-state index in [9.17, 15) is 0 Å². The Hall–Kier alpha value is -2.06. The third-order valence-corrected chi connectivity index (χ3v) is 4.23. The number of hydrogen-bond acceptors (Lipinski definition) is 1. The molecule has 20 heavy (non-hydrogen) atoms. The van der Waals surface area contributed by atoms with Crippen molar-refractivity contribution < 1.29 is 0 Å². The van der Waals surface area contributed by atoms with Crippen LogP contribution in [0.25, 0.3) is 10.9 Å². The minimum absolute atomic E-state index is 0.283. The van der Waals surface area contributed by atoms with E-state index in [1.807, 2.05) is 0 Å². The van der Waals surface area contributed by atoms with E-state index >= 15 is 0 Å². The Bertz CT molecular complexity index is 770. The Balaban J connectivity index is 1.90. The van der Waals surface area contributed by atoms with Gasteiger partial charge in [0, 0.05) is 23.1 Å². The fourth-order valence-corrected chi connectivity index (χ4v) is 3.31. The SMILES string of the molecule is Cc1cccc(C2NCCc3c2[nH]c2ccccc32)c1. The predicted molar refractivity (Wildman–Crippen MR) is 83.0 cm³/mol. The maximum atomic E-state index is 3.65. The molecule has 0 aliphatic carbocycles. The number of fused-ring (bicyclic) bond motifs is 3. The van der Waals surface area contributed by atoms with Crippen LogP contribution in [0.5, 0.6) is 0 Å². The van der Waals surface area contributed by atoms with E-state index in [1.54, 1.807) is 0 Å². The van der Waals surface area contributed by atoms with Crippen molar-refractivity contribution in [2.45, 2.75) is 19.4 Å². The first-order valence-electron chi connectivity index (χ1n) is 7.22. The van der Waals surface area contributed by atoms with E-state index in [-0.39, 0.29) is 6.04 Å². The van der Waals surface area contributed by atoms with Crippen molar-refractivity contribution in [2.24, 2.45) is 0 Å². The molecule has 4 rings (SSSR count). The van der Waals surface area contributed by atoms with Crippen LogP contribution in [-0.2, 0) is 6.42 Å². The molecule has 1 aliphatic heterocycles. The van der Waals surface area contributed by atoms with Crippen LogP contribution in [-0.4, -0.2) is 11.5 Å². The molecule has 0 spiro atoms. The highest BCUT2D eigenvalue weighted by atomic mass is 15.0. The predicted octanol–water partition coefficient (Wildman–Crippen LogP) is 3.71. The second-order valence-corrected chi connectivity index (χ2v) is 5.61. The monoisotopic (exact) mass is 262 g/mol. The molecule has 0 saturated heterocycles. The Morgan fingerprint density at radius 3 is 2.85 bits per heavy atom. The summed E-state index contributed by atoms with van der Waals surface area (Å²) in [6, 6.07) is 17.7. The third-order valence-electron chi connectivity index (χ3n) is 4.23. The highest BCUT2D eigenvalue weighted by Gasteiger charge is 2.24. The van der Waals surface area contributed by atoms with E-state index in [2.05, 4.69) is 65.8 Å². The van der Waals surface area contributed by atoms with Crippen molar-refractivity contribution in [1.82, 2.24) is 10.3 Å². The molecular formula is C18H18N2. The average Bonchev–Trinajstić information content (AvgIpc) is 2.86. The van der Waals surface area contributed by atoms with Gasteiger partial charge in [-0.15, -0.1) is 0 Å². The number of rotatable bonds is 1. The van der Waals surface area contributed by atoms with Crippen LogP contribution < -0.4 is 5.32 Å². The smallest absolute Gasteiger partial charge is 0.0732 e. The van der Waals surface area contributed by atoms with E-state index in [4.69, 9.17) is 0 Å². The van der Waals surface area contributed by atoms with Crippen molar-refractivity contribution in [2.75, 3.05) is 6.54 Å². The molecule has 2 nitrogen and oxygen atoms in total. The maximum absolute atomic E-state index is 3.65. The molecule has 1 aliphatic rings. The minimum Gasteiger partial charge on any atom is -0.357 e. The zero-order chi connectivity index (χ0) is 13.5. The number of nitrogens with one attached hydrogen (secondary N) is 2. The van der Waals surface area contributed by atoms with Crippen molar-refractivity contribution >= 4 is 10.9 Å². The van der Waals surface area contributed by atoms with Crippen molar-refractivity contribution in [3.05, 3.63) is 70.9 Å². The van der Waals surface area contributed by atoms with Gasteiger partial charge in [-0.2, -0.15) is 0 Å². The molecule has 2 aromatic carbocycles. The third kappa shape index (κ3) is 1.76. The minimum atomic E-state index is 0.283. The number of H-pyrrole nitrogens is 1. The lowest BCUT2D eigenvalue weighted by Gasteiger charge is -2.25. The van der Waals surface area contributed by atoms with Gasteiger partial charge in [0.2, 0.25) is 0 Å². The number of aromatic nitrogens is 1. The highest BCUT2D eigenvalue weighted by molar-refractivity contribution is 5.85. The average molecular weight is 262 g/mol. The van der Waals surface area contributed by atoms with Gasteiger partial charge in [-0.3, -0.25) is 0 Å². The van der Waals surface area contributed by atoms with Crippen LogP contribution in [0.4, 0.5) is 0 Å². The molecule has 2 N–H and O–H groups in total. The number of aryl methyl sites for hydroxylation is 1. The largest absolute Gasteiger partial charge is 0.357 e. The van der Waals surface area contributed by atoms with Gasteiger partial charge in [-0.1, -0.05) is 48.0 Å². The van der Waals surface area contributed by atoms with Gasteiger partial charge in [-0.25, -0.2) is 0 Å². The number of benzene rings is 2. The molecule has 1 unspecified atom stereocenters. The fraction of sp³-hybridized carbons (Fsp3) is 0.222. The van der Waals surface area contributed by atoms with Crippen molar-refractivity contribution in [1.29, 1.82) is 0 Å². The Labute approximate surface area is 118 Å². The van der Waals surface area contributed by atoms with Gasteiger partial charge in [0.05, 0.1) is 6.04 Å². The quantitative estimate of drug-likeness (QED) is 0.687. The second kappa shape index (κ2) is 4.50. The lowest BCUT2D eigenvalue weighted by Crippen LogP contribution is -2.30. The highest BCUT2D eigenvalue weighted by Crippen LogP contribution is 2.33. The maximum Gasteiger partial charge on any atom is 0.0732 e. The van der Waals surface area contributed by atoms with Gasteiger partial charge >= 0.3 is 0 Å². The zero-order valence-corrected chi connectivity index (χ0v) is 11.6. The normalized spacial score (nSPS) is 18.1. The summed E-state index contributed by atoms with van der Waals surface area (Å²) in [5, 5.41) is 5.03. The summed E-state index contributed by atoms with van der Waals surface area (Å²) in [7, 11) is 0. The van der Waals surface area contributed by atoms with Crippen LogP contribution in [0.15, 0.2) is 48.5 Å². The number of aromatic amines is 1. The van der Waals surface area contributed by atoms with Gasteiger partial charge < -0.3 is 10.3 Å². The van der Waals surface area contributed by atoms with Crippen LogP contribution in [0.3, 0.4) is 0 Å². The molecule has 100 valence electrons. The molecule has 1 aromatic heterocycles. The summed E-state index contributed by atoms with van der Waals surface area (Å²) < 4.78 is 0. The lowest BCUT2D eigenvalue weighted by atomic mass is 9.94.